The molecule has 5 heteroatoms. The minimum atomic E-state index is 0.110. The Bertz CT molecular complexity index is 1130. The van der Waals surface area contributed by atoms with E-state index in [2.05, 4.69) is 58.4 Å². The third-order valence-corrected chi connectivity index (χ3v) is 7.39. The van der Waals surface area contributed by atoms with E-state index in [0.29, 0.717) is 13.0 Å². The molecule has 5 nitrogen and oxygen atoms in total. The fraction of sp³-hybridized carbons (Fsp3) is 0.333. The SMILES string of the molecule is O=C(Cc1cccnc1)N1CCCCN2[C@H](C1)[C@@H](c1ccc(/C=C/c3ccccc3)cc1)[C@@H]2CO. The van der Waals surface area contributed by atoms with Crippen molar-refractivity contribution in [2.45, 2.75) is 37.3 Å². The zero-order valence-electron chi connectivity index (χ0n) is 20.0. The number of carbonyl (C=O) groups excluding carboxylic acids is 1. The third kappa shape index (κ3) is 5.37. The Labute approximate surface area is 207 Å². The Kier molecular flexibility index (Phi) is 7.36. The van der Waals surface area contributed by atoms with Crippen molar-refractivity contribution >= 4 is 18.1 Å². The summed E-state index contributed by atoms with van der Waals surface area (Å²) in [5.41, 5.74) is 4.52. The Hall–Kier alpha value is -3.28. The van der Waals surface area contributed by atoms with Crippen LogP contribution in [0.5, 0.6) is 0 Å². The Morgan fingerprint density at radius 2 is 1.69 bits per heavy atom. The quantitative estimate of drug-likeness (QED) is 0.551. The average molecular weight is 468 g/mol. The molecule has 3 atom stereocenters. The smallest absolute Gasteiger partial charge is 0.227 e. The van der Waals surface area contributed by atoms with Crippen LogP contribution in [0.1, 0.15) is 41.0 Å². The van der Waals surface area contributed by atoms with E-state index in [1.807, 2.05) is 35.2 Å². The maximum absolute atomic E-state index is 13.2. The van der Waals surface area contributed by atoms with Crippen LogP contribution in [0.25, 0.3) is 12.2 Å². The number of aromatic nitrogens is 1. The number of hydrogen-bond acceptors (Lipinski definition) is 4. The van der Waals surface area contributed by atoms with Gasteiger partial charge in [0, 0.05) is 43.5 Å². The zero-order chi connectivity index (χ0) is 24.0. The van der Waals surface area contributed by atoms with Crippen molar-refractivity contribution in [3.05, 3.63) is 101 Å². The molecule has 180 valence electrons. The summed E-state index contributed by atoms with van der Waals surface area (Å²) in [7, 11) is 0. The lowest BCUT2D eigenvalue weighted by molar-refractivity contribution is -0.135. The molecule has 0 bridgehead atoms. The van der Waals surface area contributed by atoms with Gasteiger partial charge in [0.25, 0.3) is 0 Å². The number of amides is 1. The molecule has 2 fully saturated rings. The first-order valence-corrected chi connectivity index (χ1v) is 12.6. The molecule has 3 heterocycles. The molecule has 2 aliphatic heterocycles. The molecule has 0 saturated carbocycles. The van der Waals surface area contributed by atoms with Gasteiger partial charge in [0.2, 0.25) is 5.91 Å². The Balaban J connectivity index is 1.31. The number of rotatable bonds is 6. The van der Waals surface area contributed by atoms with Crippen molar-refractivity contribution in [2.24, 2.45) is 0 Å². The van der Waals surface area contributed by atoms with E-state index in [4.69, 9.17) is 0 Å². The van der Waals surface area contributed by atoms with Gasteiger partial charge in [-0.1, -0.05) is 72.8 Å². The number of aliphatic hydroxyl groups excluding tert-OH is 1. The minimum absolute atomic E-state index is 0.110. The second kappa shape index (κ2) is 11.0. The third-order valence-electron chi connectivity index (χ3n) is 7.39. The molecule has 2 saturated heterocycles. The zero-order valence-corrected chi connectivity index (χ0v) is 20.0. The highest BCUT2D eigenvalue weighted by Gasteiger charge is 2.49. The van der Waals surface area contributed by atoms with Gasteiger partial charge in [-0.3, -0.25) is 14.7 Å². The van der Waals surface area contributed by atoms with Gasteiger partial charge in [-0.15, -0.1) is 0 Å². The molecule has 0 unspecified atom stereocenters. The van der Waals surface area contributed by atoms with Gasteiger partial charge in [0.15, 0.2) is 0 Å². The highest BCUT2D eigenvalue weighted by atomic mass is 16.3. The Morgan fingerprint density at radius 1 is 0.943 bits per heavy atom. The van der Waals surface area contributed by atoms with Gasteiger partial charge < -0.3 is 10.0 Å². The molecule has 0 spiro atoms. The van der Waals surface area contributed by atoms with E-state index in [-0.39, 0.29) is 30.5 Å². The Morgan fingerprint density at radius 3 is 2.40 bits per heavy atom. The van der Waals surface area contributed by atoms with Crippen LogP contribution < -0.4 is 0 Å². The molecular weight excluding hydrogens is 434 g/mol. The highest BCUT2D eigenvalue weighted by molar-refractivity contribution is 5.78. The van der Waals surface area contributed by atoms with Crippen molar-refractivity contribution in [1.29, 1.82) is 0 Å². The topological polar surface area (TPSA) is 56.7 Å². The van der Waals surface area contributed by atoms with E-state index in [1.165, 1.54) is 11.1 Å². The monoisotopic (exact) mass is 467 g/mol. The summed E-state index contributed by atoms with van der Waals surface area (Å²) in [6, 6.07) is 23.2. The lowest BCUT2D eigenvalue weighted by atomic mass is 9.74. The van der Waals surface area contributed by atoms with Crippen LogP contribution in [-0.2, 0) is 11.2 Å². The van der Waals surface area contributed by atoms with Crippen molar-refractivity contribution in [2.75, 3.05) is 26.2 Å². The molecule has 35 heavy (non-hydrogen) atoms. The van der Waals surface area contributed by atoms with Crippen LogP contribution in [0.4, 0.5) is 0 Å². The number of carbonyl (C=O) groups is 1. The molecule has 1 amide bonds. The fourth-order valence-corrected chi connectivity index (χ4v) is 5.54. The van der Waals surface area contributed by atoms with Crippen LogP contribution in [-0.4, -0.2) is 64.1 Å². The van der Waals surface area contributed by atoms with Crippen molar-refractivity contribution < 1.29 is 9.90 Å². The second-order valence-electron chi connectivity index (χ2n) is 9.58. The van der Waals surface area contributed by atoms with E-state index in [9.17, 15) is 9.90 Å². The maximum Gasteiger partial charge on any atom is 0.227 e. The van der Waals surface area contributed by atoms with Gasteiger partial charge in [-0.2, -0.15) is 0 Å². The van der Waals surface area contributed by atoms with E-state index >= 15 is 0 Å². The summed E-state index contributed by atoms with van der Waals surface area (Å²) >= 11 is 0. The molecule has 0 aliphatic carbocycles. The van der Waals surface area contributed by atoms with Crippen LogP contribution in [0.2, 0.25) is 0 Å². The average Bonchev–Trinajstić information content (AvgIpc) is 2.88. The number of benzene rings is 2. The molecular formula is C30H33N3O2. The molecule has 1 N–H and O–H groups in total. The van der Waals surface area contributed by atoms with Gasteiger partial charge in [-0.25, -0.2) is 0 Å². The van der Waals surface area contributed by atoms with Crippen LogP contribution >= 0.6 is 0 Å². The van der Waals surface area contributed by atoms with E-state index in [1.54, 1.807) is 12.4 Å². The largest absolute Gasteiger partial charge is 0.395 e. The summed E-state index contributed by atoms with van der Waals surface area (Å²) in [4.78, 5) is 21.8. The summed E-state index contributed by atoms with van der Waals surface area (Å²) in [5.74, 6) is 0.381. The minimum Gasteiger partial charge on any atom is -0.395 e. The predicted molar refractivity (Wildman–Crippen MR) is 140 cm³/mol. The van der Waals surface area contributed by atoms with Gasteiger partial charge in [0.05, 0.1) is 13.0 Å². The van der Waals surface area contributed by atoms with E-state index < -0.39 is 0 Å². The van der Waals surface area contributed by atoms with Gasteiger partial charge in [0.1, 0.15) is 0 Å². The first kappa shape index (κ1) is 23.5. The highest BCUT2D eigenvalue weighted by Crippen LogP contribution is 2.42. The van der Waals surface area contributed by atoms with Crippen LogP contribution in [0.15, 0.2) is 79.1 Å². The summed E-state index contributed by atoms with van der Waals surface area (Å²) in [5, 5.41) is 10.2. The van der Waals surface area contributed by atoms with Crippen LogP contribution in [0, 0.1) is 0 Å². The number of aliphatic hydroxyl groups is 1. The van der Waals surface area contributed by atoms with Crippen LogP contribution in [0.3, 0.4) is 0 Å². The number of nitrogens with zero attached hydrogens (tertiary/aromatic N) is 3. The molecule has 2 aromatic carbocycles. The molecule has 0 radical (unpaired) electrons. The standard InChI is InChI=1S/C30H33N3O2/c34-22-28-30(26-14-12-24(13-15-26)11-10-23-7-2-1-3-8-23)27-21-32(17-4-5-18-33(27)28)29(35)19-25-9-6-16-31-20-25/h1-3,6-16,20,27-28,30,34H,4-5,17-19,21-22H2/b11-10+/t27-,28+,30-/m1/s1. The normalized spacial score (nSPS) is 22.8. The number of fused-ring (bicyclic) bond motifs is 1. The van der Waals surface area contributed by atoms with Gasteiger partial charge in [-0.05, 0) is 47.7 Å². The number of pyridine rings is 1. The number of hydrogen-bond donors (Lipinski definition) is 1. The summed E-state index contributed by atoms with van der Waals surface area (Å²) in [6.07, 6.45) is 10.2. The lowest BCUT2D eigenvalue weighted by Crippen LogP contribution is -2.68. The molecule has 2 aliphatic rings. The first-order chi connectivity index (χ1) is 17.2. The second-order valence-corrected chi connectivity index (χ2v) is 9.58. The first-order valence-electron chi connectivity index (χ1n) is 12.6. The van der Waals surface area contributed by atoms with Gasteiger partial charge >= 0.3 is 0 Å². The fourth-order valence-electron chi connectivity index (χ4n) is 5.54. The summed E-state index contributed by atoms with van der Waals surface area (Å²) in [6.45, 7) is 2.62. The molecule has 1 aromatic heterocycles. The molecule has 5 rings (SSSR count). The predicted octanol–water partition coefficient (Wildman–Crippen LogP) is 4.25. The van der Waals surface area contributed by atoms with Crippen molar-refractivity contribution in [3.8, 4) is 0 Å². The molecule has 3 aromatic rings. The lowest BCUT2D eigenvalue weighted by Gasteiger charge is -2.57. The van der Waals surface area contributed by atoms with Crippen molar-refractivity contribution in [3.63, 3.8) is 0 Å². The van der Waals surface area contributed by atoms with E-state index in [0.717, 1.165) is 37.1 Å². The summed E-state index contributed by atoms with van der Waals surface area (Å²) < 4.78 is 0. The maximum atomic E-state index is 13.2. The van der Waals surface area contributed by atoms with Crippen molar-refractivity contribution in [1.82, 2.24) is 14.8 Å².